The lowest BCUT2D eigenvalue weighted by molar-refractivity contribution is 0.999. The van der Waals surface area contributed by atoms with E-state index in [4.69, 9.17) is 0 Å². The summed E-state index contributed by atoms with van der Waals surface area (Å²) in [4.78, 5) is 12.7. The SMILES string of the molecule is CC.Cc1ccc2ncccc2c1.Cc1cncc2c1N=CCC2. The molecule has 0 atom stereocenters. The molecule has 0 N–H and O–H groups in total. The minimum atomic E-state index is 1.05. The maximum atomic E-state index is 4.33. The number of aromatic nitrogens is 2. The van der Waals surface area contributed by atoms with Gasteiger partial charge < -0.3 is 0 Å². The van der Waals surface area contributed by atoms with Gasteiger partial charge in [0.25, 0.3) is 0 Å². The van der Waals surface area contributed by atoms with Crippen molar-refractivity contribution in [2.45, 2.75) is 40.5 Å². The van der Waals surface area contributed by atoms with E-state index in [1.807, 2.05) is 50.8 Å². The van der Waals surface area contributed by atoms with E-state index < -0.39 is 0 Å². The van der Waals surface area contributed by atoms with E-state index in [1.54, 1.807) is 0 Å². The van der Waals surface area contributed by atoms with Crippen LogP contribution in [-0.4, -0.2) is 16.2 Å². The molecule has 0 amide bonds. The Kier molecular flexibility index (Phi) is 6.62. The van der Waals surface area contributed by atoms with Crippen LogP contribution in [0.4, 0.5) is 5.69 Å². The smallest absolute Gasteiger partial charge is 0.0717 e. The highest BCUT2D eigenvalue weighted by Crippen LogP contribution is 2.25. The standard InChI is InChI=1S/C10H9N.C9H10N2.C2H6/c1-8-4-5-10-9(7-8)3-2-6-11-10;1-7-5-10-6-8-3-2-4-11-9(7)8;1-2/h2-7H,1H3;4-6H,2-3H2,1H3;1-2H3. The Morgan fingerprint density at radius 2 is 1.83 bits per heavy atom. The van der Waals surface area contributed by atoms with Gasteiger partial charge in [0, 0.05) is 30.2 Å². The van der Waals surface area contributed by atoms with Crippen LogP contribution in [0.3, 0.4) is 0 Å². The monoisotopic (exact) mass is 319 g/mol. The zero-order valence-electron chi connectivity index (χ0n) is 15.0. The van der Waals surface area contributed by atoms with Gasteiger partial charge in [-0.1, -0.05) is 31.5 Å². The molecular formula is C21H25N3. The van der Waals surface area contributed by atoms with Crippen LogP contribution in [0, 0.1) is 13.8 Å². The predicted molar refractivity (Wildman–Crippen MR) is 103 cm³/mol. The van der Waals surface area contributed by atoms with Gasteiger partial charge in [0.15, 0.2) is 0 Å². The van der Waals surface area contributed by atoms with Crippen LogP contribution < -0.4 is 0 Å². The Labute approximate surface area is 144 Å². The van der Waals surface area contributed by atoms with Crippen LogP contribution in [0.1, 0.15) is 37.0 Å². The van der Waals surface area contributed by atoms with Gasteiger partial charge in [0.1, 0.15) is 0 Å². The van der Waals surface area contributed by atoms with Crippen molar-refractivity contribution >= 4 is 22.8 Å². The lowest BCUT2D eigenvalue weighted by Crippen LogP contribution is -1.95. The molecule has 124 valence electrons. The Hall–Kier alpha value is -2.55. The van der Waals surface area contributed by atoms with Crippen LogP contribution in [0.2, 0.25) is 0 Å². The average molecular weight is 319 g/mol. The summed E-state index contributed by atoms with van der Waals surface area (Å²) in [5, 5.41) is 1.22. The fourth-order valence-electron chi connectivity index (χ4n) is 2.55. The number of rotatable bonds is 0. The zero-order valence-corrected chi connectivity index (χ0v) is 15.0. The third kappa shape index (κ3) is 4.48. The molecule has 4 rings (SSSR count). The highest BCUT2D eigenvalue weighted by molar-refractivity contribution is 5.78. The summed E-state index contributed by atoms with van der Waals surface area (Å²) in [5.74, 6) is 0. The van der Waals surface area contributed by atoms with Crippen molar-refractivity contribution in [2.24, 2.45) is 4.99 Å². The van der Waals surface area contributed by atoms with Crippen LogP contribution in [-0.2, 0) is 6.42 Å². The van der Waals surface area contributed by atoms with E-state index in [0.717, 1.165) is 24.0 Å². The van der Waals surface area contributed by atoms with Gasteiger partial charge in [-0.05, 0) is 56.0 Å². The summed E-state index contributed by atoms with van der Waals surface area (Å²) in [5.41, 5.74) is 5.95. The molecular weight excluding hydrogens is 294 g/mol. The molecule has 3 heteroatoms. The van der Waals surface area contributed by atoms with Crippen molar-refractivity contribution in [1.82, 2.24) is 9.97 Å². The Balaban J connectivity index is 0.000000158. The lowest BCUT2D eigenvalue weighted by atomic mass is 10.1. The minimum Gasteiger partial charge on any atom is -0.264 e. The molecule has 24 heavy (non-hydrogen) atoms. The maximum Gasteiger partial charge on any atom is 0.0717 e. The number of benzene rings is 1. The summed E-state index contributed by atoms with van der Waals surface area (Å²) in [6.07, 6.45) is 9.72. The summed E-state index contributed by atoms with van der Waals surface area (Å²) in [6.45, 7) is 8.14. The van der Waals surface area contributed by atoms with Crippen molar-refractivity contribution in [1.29, 1.82) is 0 Å². The third-order valence-electron chi connectivity index (χ3n) is 3.70. The highest BCUT2D eigenvalue weighted by Gasteiger charge is 2.06. The average Bonchev–Trinajstić information content (AvgIpc) is 2.64. The second-order valence-electron chi connectivity index (χ2n) is 5.51. The van der Waals surface area contributed by atoms with Gasteiger partial charge in [-0.15, -0.1) is 0 Å². The number of pyridine rings is 2. The summed E-state index contributed by atoms with van der Waals surface area (Å²) < 4.78 is 0. The Morgan fingerprint density at radius 1 is 1.00 bits per heavy atom. The predicted octanol–water partition coefficient (Wildman–Crippen LogP) is 5.61. The molecule has 3 heterocycles. The molecule has 2 aromatic heterocycles. The fraction of sp³-hybridized carbons (Fsp3) is 0.286. The second kappa shape index (κ2) is 8.92. The van der Waals surface area contributed by atoms with Gasteiger partial charge in [0.05, 0.1) is 11.2 Å². The number of aryl methyl sites for hydroxylation is 3. The zero-order chi connectivity index (χ0) is 17.4. The molecule has 3 nitrogen and oxygen atoms in total. The number of aliphatic imine (C=N–C) groups is 1. The molecule has 0 aliphatic carbocycles. The van der Waals surface area contributed by atoms with E-state index >= 15 is 0 Å². The molecule has 0 saturated heterocycles. The van der Waals surface area contributed by atoms with Crippen molar-refractivity contribution in [3.8, 4) is 0 Å². The van der Waals surface area contributed by atoms with Gasteiger partial charge in [0.2, 0.25) is 0 Å². The summed E-state index contributed by atoms with van der Waals surface area (Å²) >= 11 is 0. The van der Waals surface area contributed by atoms with E-state index in [1.165, 1.54) is 22.1 Å². The Bertz CT molecular complexity index is 822. The van der Waals surface area contributed by atoms with Gasteiger partial charge in [-0.3, -0.25) is 15.0 Å². The van der Waals surface area contributed by atoms with E-state index in [2.05, 4.69) is 47.0 Å². The maximum absolute atomic E-state index is 4.33. The molecule has 0 unspecified atom stereocenters. The minimum absolute atomic E-state index is 1.05. The fourth-order valence-corrected chi connectivity index (χ4v) is 2.55. The summed E-state index contributed by atoms with van der Waals surface area (Å²) in [6, 6.07) is 10.3. The molecule has 1 aliphatic rings. The number of hydrogen-bond acceptors (Lipinski definition) is 3. The molecule has 0 bridgehead atoms. The number of hydrogen-bond donors (Lipinski definition) is 0. The van der Waals surface area contributed by atoms with Crippen LogP contribution in [0.5, 0.6) is 0 Å². The number of fused-ring (bicyclic) bond motifs is 2. The first-order valence-corrected chi connectivity index (χ1v) is 8.51. The second-order valence-corrected chi connectivity index (χ2v) is 5.51. The highest BCUT2D eigenvalue weighted by atomic mass is 14.8. The lowest BCUT2D eigenvalue weighted by Gasteiger charge is -2.09. The van der Waals surface area contributed by atoms with Gasteiger partial charge in [-0.25, -0.2) is 0 Å². The molecule has 1 aromatic carbocycles. The van der Waals surface area contributed by atoms with E-state index in [9.17, 15) is 0 Å². The summed E-state index contributed by atoms with van der Waals surface area (Å²) in [7, 11) is 0. The molecule has 3 aromatic rings. The molecule has 0 fully saturated rings. The van der Waals surface area contributed by atoms with Crippen molar-refractivity contribution in [2.75, 3.05) is 0 Å². The van der Waals surface area contributed by atoms with Crippen LogP contribution in [0.15, 0.2) is 53.9 Å². The molecule has 0 radical (unpaired) electrons. The van der Waals surface area contributed by atoms with Crippen molar-refractivity contribution in [3.63, 3.8) is 0 Å². The molecule has 1 aliphatic heterocycles. The first-order valence-electron chi connectivity index (χ1n) is 8.51. The number of nitrogens with zero attached hydrogens (tertiary/aromatic N) is 3. The van der Waals surface area contributed by atoms with Gasteiger partial charge >= 0.3 is 0 Å². The van der Waals surface area contributed by atoms with Crippen LogP contribution >= 0.6 is 0 Å². The normalized spacial score (nSPS) is 11.7. The van der Waals surface area contributed by atoms with Gasteiger partial charge in [-0.2, -0.15) is 0 Å². The topological polar surface area (TPSA) is 38.1 Å². The van der Waals surface area contributed by atoms with E-state index in [-0.39, 0.29) is 0 Å². The largest absolute Gasteiger partial charge is 0.264 e. The quantitative estimate of drug-likeness (QED) is 0.540. The van der Waals surface area contributed by atoms with Crippen LogP contribution in [0.25, 0.3) is 10.9 Å². The molecule has 0 saturated carbocycles. The first kappa shape index (κ1) is 17.8. The molecule has 0 spiro atoms. The third-order valence-corrected chi connectivity index (χ3v) is 3.70. The Morgan fingerprint density at radius 3 is 2.62 bits per heavy atom. The van der Waals surface area contributed by atoms with E-state index in [0.29, 0.717) is 0 Å². The van der Waals surface area contributed by atoms with Crippen molar-refractivity contribution in [3.05, 3.63) is 65.6 Å². The first-order chi connectivity index (χ1) is 11.7. The van der Waals surface area contributed by atoms with Crippen molar-refractivity contribution < 1.29 is 0 Å².